The second-order valence-electron chi connectivity index (χ2n) is 6.29. The number of nitrogens with one attached hydrogen (secondary N) is 1. The van der Waals surface area contributed by atoms with Crippen LogP contribution in [-0.2, 0) is 16.1 Å². The van der Waals surface area contributed by atoms with Gasteiger partial charge in [0.2, 0.25) is 0 Å². The van der Waals surface area contributed by atoms with Crippen molar-refractivity contribution in [3.8, 4) is 0 Å². The summed E-state index contributed by atoms with van der Waals surface area (Å²) in [4.78, 5) is 45.5. The van der Waals surface area contributed by atoms with Crippen LogP contribution < -0.4 is 10.9 Å². The lowest BCUT2D eigenvalue weighted by Gasteiger charge is -2.17. The van der Waals surface area contributed by atoms with Crippen LogP contribution in [0.25, 0.3) is 5.65 Å². The van der Waals surface area contributed by atoms with Gasteiger partial charge >= 0.3 is 5.97 Å². The molecule has 0 aliphatic carbocycles. The number of pyridine rings is 2. The van der Waals surface area contributed by atoms with Crippen molar-refractivity contribution in [2.45, 2.75) is 19.1 Å². The first-order chi connectivity index (χ1) is 14.5. The Morgan fingerprint density at radius 2 is 2.13 bits per heavy atom. The second-order valence-corrected chi connectivity index (χ2v) is 7.71. The summed E-state index contributed by atoms with van der Waals surface area (Å²) in [7, 11) is 0. The molecule has 1 atom stereocenters. The van der Waals surface area contributed by atoms with Gasteiger partial charge in [-0.2, -0.15) is 11.8 Å². The number of hydrogen-bond donors (Lipinski definition) is 1. The average Bonchev–Trinajstić information content (AvgIpc) is 2.75. The molecule has 3 aromatic rings. The van der Waals surface area contributed by atoms with E-state index in [1.807, 2.05) is 6.26 Å². The van der Waals surface area contributed by atoms with E-state index in [1.54, 1.807) is 30.5 Å². The summed E-state index contributed by atoms with van der Waals surface area (Å²) in [6.45, 7) is -0.180. The van der Waals surface area contributed by atoms with E-state index in [0.29, 0.717) is 28.5 Å². The van der Waals surface area contributed by atoms with Gasteiger partial charge in [-0.05, 0) is 42.7 Å². The fourth-order valence-corrected chi connectivity index (χ4v) is 3.30. The quantitative estimate of drug-likeness (QED) is 0.530. The van der Waals surface area contributed by atoms with E-state index in [4.69, 9.17) is 16.3 Å². The number of nitrogens with zero attached hydrogens (tertiary/aromatic N) is 3. The van der Waals surface area contributed by atoms with Gasteiger partial charge in [-0.15, -0.1) is 0 Å². The van der Waals surface area contributed by atoms with Gasteiger partial charge in [-0.1, -0.05) is 17.7 Å². The first-order valence-electron chi connectivity index (χ1n) is 9.03. The lowest BCUT2D eigenvalue weighted by Crippen LogP contribution is -2.42. The van der Waals surface area contributed by atoms with Gasteiger partial charge in [0, 0.05) is 23.5 Å². The second kappa shape index (κ2) is 10.2. The normalized spacial score (nSPS) is 11.8. The van der Waals surface area contributed by atoms with E-state index < -0.39 is 17.9 Å². The highest BCUT2D eigenvalue weighted by atomic mass is 35.5. The highest BCUT2D eigenvalue weighted by Gasteiger charge is 2.23. The molecule has 1 unspecified atom stereocenters. The zero-order chi connectivity index (χ0) is 21.5. The van der Waals surface area contributed by atoms with Crippen molar-refractivity contribution in [2.75, 3.05) is 12.0 Å². The van der Waals surface area contributed by atoms with Crippen molar-refractivity contribution in [3.63, 3.8) is 0 Å². The summed E-state index contributed by atoms with van der Waals surface area (Å²) in [5.41, 5.74) is 0.612. The highest BCUT2D eigenvalue weighted by Crippen LogP contribution is 2.10. The van der Waals surface area contributed by atoms with E-state index in [2.05, 4.69) is 15.3 Å². The molecule has 0 spiro atoms. The average molecular weight is 447 g/mol. The molecule has 1 N–H and O–H groups in total. The minimum atomic E-state index is -0.868. The van der Waals surface area contributed by atoms with Crippen LogP contribution in [0.5, 0.6) is 0 Å². The zero-order valence-electron chi connectivity index (χ0n) is 16.1. The molecule has 10 heteroatoms. The standard InChI is InChI=1S/C20H19ClN4O4S/c1-30-9-6-15(24-19(27)16-10-13(21)5-7-22-16)20(28)29-12-14-11-18(26)25-8-3-2-4-17(25)23-14/h2-5,7-8,10-11,15H,6,9,12H2,1H3,(H,24,27). The van der Waals surface area contributed by atoms with Crippen LogP contribution >= 0.6 is 23.4 Å². The number of ether oxygens (including phenoxy) is 1. The predicted molar refractivity (Wildman–Crippen MR) is 115 cm³/mol. The van der Waals surface area contributed by atoms with Crippen molar-refractivity contribution in [1.29, 1.82) is 0 Å². The molecule has 30 heavy (non-hydrogen) atoms. The summed E-state index contributed by atoms with van der Waals surface area (Å²) >= 11 is 7.43. The monoisotopic (exact) mass is 446 g/mol. The summed E-state index contributed by atoms with van der Waals surface area (Å²) in [5.74, 6) is -0.504. The van der Waals surface area contributed by atoms with Crippen molar-refractivity contribution in [2.24, 2.45) is 0 Å². The molecule has 0 aliphatic heterocycles. The van der Waals surface area contributed by atoms with Crippen LogP contribution in [0.15, 0.2) is 53.6 Å². The van der Waals surface area contributed by atoms with Crippen LogP contribution in [0.2, 0.25) is 5.02 Å². The largest absolute Gasteiger partial charge is 0.458 e. The van der Waals surface area contributed by atoms with E-state index in [-0.39, 0.29) is 17.9 Å². The van der Waals surface area contributed by atoms with E-state index in [9.17, 15) is 14.4 Å². The number of esters is 1. The summed E-state index contributed by atoms with van der Waals surface area (Å²) < 4.78 is 6.73. The van der Waals surface area contributed by atoms with Crippen LogP contribution in [0, 0.1) is 0 Å². The maximum Gasteiger partial charge on any atom is 0.329 e. The van der Waals surface area contributed by atoms with Gasteiger partial charge in [0.05, 0.1) is 5.69 Å². The molecule has 0 bridgehead atoms. The molecule has 3 aromatic heterocycles. The third-order valence-corrected chi connectivity index (χ3v) is 5.02. The number of hydrogen-bond acceptors (Lipinski definition) is 7. The summed E-state index contributed by atoms with van der Waals surface area (Å²) in [6.07, 6.45) is 5.30. The Hall–Kier alpha value is -2.91. The van der Waals surface area contributed by atoms with Gasteiger partial charge in [-0.25, -0.2) is 9.78 Å². The molecule has 0 aliphatic rings. The number of carbonyl (C=O) groups excluding carboxylic acids is 2. The number of thioether (sulfide) groups is 1. The maximum absolute atomic E-state index is 12.6. The predicted octanol–water partition coefficient (Wildman–Crippen LogP) is 2.34. The Morgan fingerprint density at radius 3 is 2.90 bits per heavy atom. The molecule has 0 fully saturated rings. The Morgan fingerprint density at radius 1 is 1.30 bits per heavy atom. The van der Waals surface area contributed by atoms with E-state index in [0.717, 1.165) is 0 Å². The Bertz CT molecular complexity index is 1120. The Labute approximate surface area is 181 Å². The molecule has 8 nitrogen and oxygen atoms in total. The maximum atomic E-state index is 12.6. The van der Waals surface area contributed by atoms with Crippen molar-refractivity contribution in [1.82, 2.24) is 19.7 Å². The molecule has 156 valence electrons. The van der Waals surface area contributed by atoms with Gasteiger partial charge < -0.3 is 10.1 Å². The highest BCUT2D eigenvalue weighted by molar-refractivity contribution is 7.98. The smallest absolute Gasteiger partial charge is 0.329 e. The molecule has 3 rings (SSSR count). The molecule has 0 aromatic carbocycles. The lowest BCUT2D eigenvalue weighted by atomic mass is 10.2. The number of fused-ring (bicyclic) bond motifs is 1. The van der Waals surface area contributed by atoms with Gasteiger partial charge in [0.15, 0.2) is 0 Å². The van der Waals surface area contributed by atoms with Crippen LogP contribution in [0.3, 0.4) is 0 Å². The van der Waals surface area contributed by atoms with Gasteiger partial charge in [0.25, 0.3) is 11.5 Å². The molecule has 1 amide bonds. The SMILES string of the molecule is CSCCC(NC(=O)c1cc(Cl)ccn1)C(=O)OCc1cc(=O)n2ccccc2n1. The molecular weight excluding hydrogens is 428 g/mol. The zero-order valence-corrected chi connectivity index (χ0v) is 17.7. The molecule has 3 heterocycles. The fourth-order valence-electron chi connectivity index (χ4n) is 2.67. The minimum absolute atomic E-state index is 0.105. The number of halogens is 1. The van der Waals surface area contributed by atoms with Crippen molar-refractivity contribution < 1.29 is 14.3 Å². The lowest BCUT2D eigenvalue weighted by molar-refractivity contribution is -0.147. The summed E-state index contributed by atoms with van der Waals surface area (Å²) in [6, 6.07) is 8.58. The third kappa shape index (κ3) is 5.58. The number of carbonyl (C=O) groups is 2. The van der Waals surface area contributed by atoms with Gasteiger partial charge in [-0.3, -0.25) is 19.0 Å². The molecular formula is C20H19ClN4O4S. The first kappa shape index (κ1) is 21.8. The number of aromatic nitrogens is 3. The Balaban J connectivity index is 1.69. The molecule has 0 saturated heterocycles. The number of rotatable bonds is 8. The van der Waals surface area contributed by atoms with Crippen LogP contribution in [-0.4, -0.2) is 44.3 Å². The van der Waals surface area contributed by atoms with Crippen LogP contribution in [0.1, 0.15) is 22.6 Å². The van der Waals surface area contributed by atoms with E-state index >= 15 is 0 Å². The Kier molecular flexibility index (Phi) is 7.42. The first-order valence-corrected chi connectivity index (χ1v) is 10.8. The molecule has 0 saturated carbocycles. The van der Waals surface area contributed by atoms with Crippen molar-refractivity contribution >= 4 is 40.9 Å². The molecule has 0 radical (unpaired) electrons. The summed E-state index contributed by atoms with van der Waals surface area (Å²) in [5, 5.41) is 3.01. The van der Waals surface area contributed by atoms with Crippen LogP contribution in [0.4, 0.5) is 0 Å². The van der Waals surface area contributed by atoms with Gasteiger partial charge in [0.1, 0.15) is 24.0 Å². The minimum Gasteiger partial charge on any atom is -0.458 e. The van der Waals surface area contributed by atoms with E-state index in [1.165, 1.54) is 34.5 Å². The number of amides is 1. The van der Waals surface area contributed by atoms with Crippen molar-refractivity contribution in [3.05, 3.63) is 75.6 Å². The topological polar surface area (TPSA) is 103 Å². The third-order valence-electron chi connectivity index (χ3n) is 4.14. The fraction of sp³-hybridized carbons (Fsp3) is 0.250.